The maximum atomic E-state index is 7.03. The molecule has 0 spiro atoms. The van der Waals surface area contributed by atoms with E-state index in [0.29, 0.717) is 20.7 Å². The molecule has 0 heterocycles. The summed E-state index contributed by atoms with van der Waals surface area (Å²) in [7, 11) is 0. The van der Waals surface area contributed by atoms with Crippen molar-refractivity contribution in [2.24, 2.45) is 0 Å². The topological polar surface area (TPSA) is 49.9 Å². The lowest BCUT2D eigenvalue weighted by molar-refractivity contribution is 1.52. The van der Waals surface area contributed by atoms with E-state index >= 15 is 0 Å². The van der Waals surface area contributed by atoms with Crippen LogP contribution in [-0.4, -0.2) is 6.21 Å². The van der Waals surface area contributed by atoms with Gasteiger partial charge in [0.1, 0.15) is 0 Å². The molecule has 1 aromatic rings. The van der Waals surface area contributed by atoms with Crippen molar-refractivity contribution in [3.05, 3.63) is 27.2 Å². The van der Waals surface area contributed by atoms with Crippen molar-refractivity contribution in [2.75, 3.05) is 5.73 Å². The molecule has 1 rings (SSSR count). The molecule has 0 saturated heterocycles. The van der Waals surface area contributed by atoms with E-state index in [2.05, 4.69) is 15.9 Å². The Kier molecular flexibility index (Phi) is 2.52. The maximum absolute atomic E-state index is 7.03. The van der Waals surface area contributed by atoms with Crippen molar-refractivity contribution in [1.29, 1.82) is 5.41 Å². The van der Waals surface area contributed by atoms with Crippen molar-refractivity contribution in [1.82, 2.24) is 0 Å². The molecule has 0 unspecified atom stereocenters. The van der Waals surface area contributed by atoms with Gasteiger partial charge in [-0.25, -0.2) is 0 Å². The lowest BCUT2D eigenvalue weighted by Gasteiger charge is -2.03. The monoisotopic (exact) mass is 232 g/mol. The summed E-state index contributed by atoms with van der Waals surface area (Å²) >= 11 is 8.99. The average Bonchev–Trinajstić information content (AvgIpc) is 1.99. The molecular weight excluding hydrogens is 227 g/mol. The number of hydrogen-bond donors (Lipinski definition) is 2. The molecule has 0 fully saturated rings. The number of anilines is 1. The Hall–Kier alpha value is -0.540. The molecule has 0 aromatic heterocycles. The largest absolute Gasteiger partial charge is 0.398 e. The summed E-state index contributed by atoms with van der Waals surface area (Å²) in [4.78, 5) is 0. The van der Waals surface area contributed by atoms with Gasteiger partial charge in [-0.3, -0.25) is 0 Å². The van der Waals surface area contributed by atoms with Gasteiger partial charge in [0.05, 0.1) is 5.02 Å². The maximum Gasteiger partial charge on any atom is 0.0556 e. The van der Waals surface area contributed by atoms with Gasteiger partial charge in [0.2, 0.25) is 0 Å². The minimum Gasteiger partial charge on any atom is -0.398 e. The summed E-state index contributed by atoms with van der Waals surface area (Å²) in [6.45, 7) is 0. The quantitative estimate of drug-likeness (QED) is 0.569. The number of nitrogens with two attached hydrogens (primary N) is 1. The number of hydrogen-bond acceptors (Lipinski definition) is 2. The highest BCUT2D eigenvalue weighted by Crippen LogP contribution is 2.28. The fourth-order valence-electron chi connectivity index (χ4n) is 0.728. The molecule has 2 nitrogen and oxygen atoms in total. The normalized spacial score (nSPS) is 9.64. The predicted octanol–water partition coefficient (Wildman–Crippen LogP) is 2.68. The van der Waals surface area contributed by atoms with Gasteiger partial charge in [0.15, 0.2) is 0 Å². The number of halogens is 2. The van der Waals surface area contributed by atoms with Crippen molar-refractivity contribution in [3.8, 4) is 0 Å². The van der Waals surface area contributed by atoms with Crippen LogP contribution in [0.2, 0.25) is 5.02 Å². The minimum absolute atomic E-state index is 0.552. The van der Waals surface area contributed by atoms with E-state index in [-0.39, 0.29) is 0 Å². The van der Waals surface area contributed by atoms with Crippen LogP contribution in [0.15, 0.2) is 16.6 Å². The molecule has 1 aromatic carbocycles. The number of nitrogens with one attached hydrogen (secondary N) is 1. The standard InChI is InChI=1S/C7H6BrClN2/c8-7-4(3-10)6(11)2-1-5(7)9/h1-3,10H,11H2. The Bertz CT molecular complexity index is 299. The van der Waals surface area contributed by atoms with Gasteiger partial charge >= 0.3 is 0 Å². The van der Waals surface area contributed by atoms with Gasteiger partial charge < -0.3 is 11.1 Å². The fraction of sp³-hybridized carbons (Fsp3) is 0. The van der Waals surface area contributed by atoms with Crippen LogP contribution in [0.1, 0.15) is 5.56 Å². The first-order chi connectivity index (χ1) is 5.16. The van der Waals surface area contributed by atoms with Crippen molar-refractivity contribution in [2.45, 2.75) is 0 Å². The van der Waals surface area contributed by atoms with Crippen LogP contribution in [-0.2, 0) is 0 Å². The smallest absolute Gasteiger partial charge is 0.0556 e. The molecule has 0 atom stereocenters. The van der Waals surface area contributed by atoms with E-state index in [4.69, 9.17) is 22.7 Å². The summed E-state index contributed by atoms with van der Waals surface area (Å²) in [5.74, 6) is 0. The van der Waals surface area contributed by atoms with Crippen LogP contribution >= 0.6 is 27.5 Å². The van der Waals surface area contributed by atoms with Gasteiger partial charge in [-0.2, -0.15) is 0 Å². The Balaban J connectivity index is 3.40. The number of rotatable bonds is 1. The summed E-state index contributed by atoms with van der Waals surface area (Å²) in [6, 6.07) is 3.36. The van der Waals surface area contributed by atoms with E-state index in [0.717, 1.165) is 0 Å². The van der Waals surface area contributed by atoms with Crippen LogP contribution in [0.5, 0.6) is 0 Å². The average molecular weight is 233 g/mol. The third-order valence-corrected chi connectivity index (χ3v) is 2.71. The fourth-order valence-corrected chi connectivity index (χ4v) is 1.37. The molecule has 58 valence electrons. The Labute approximate surface area is 78.0 Å². The lowest BCUT2D eigenvalue weighted by Crippen LogP contribution is -1.93. The van der Waals surface area contributed by atoms with E-state index in [1.165, 1.54) is 6.21 Å². The highest BCUT2D eigenvalue weighted by atomic mass is 79.9. The molecule has 3 N–H and O–H groups in total. The summed E-state index contributed by atoms with van der Waals surface area (Å²) < 4.78 is 0.675. The Morgan fingerprint density at radius 2 is 2.18 bits per heavy atom. The zero-order valence-corrected chi connectivity index (χ0v) is 7.91. The summed E-state index contributed by atoms with van der Waals surface area (Å²) in [5, 5.41) is 7.60. The van der Waals surface area contributed by atoms with E-state index in [9.17, 15) is 0 Å². The first kappa shape index (κ1) is 8.56. The first-order valence-corrected chi connectivity index (χ1v) is 4.08. The second kappa shape index (κ2) is 3.24. The molecular formula is C7H6BrClN2. The molecule has 0 aliphatic rings. The molecule has 0 aliphatic heterocycles. The molecule has 0 amide bonds. The lowest BCUT2D eigenvalue weighted by atomic mass is 10.2. The summed E-state index contributed by atoms with van der Waals surface area (Å²) in [5.41, 5.74) is 6.74. The molecule has 0 saturated carbocycles. The SMILES string of the molecule is N=Cc1c(N)ccc(Cl)c1Br. The van der Waals surface area contributed by atoms with Crippen LogP contribution < -0.4 is 5.73 Å². The van der Waals surface area contributed by atoms with Gasteiger partial charge in [-0.1, -0.05) is 11.6 Å². The van der Waals surface area contributed by atoms with Crippen LogP contribution in [0.25, 0.3) is 0 Å². The van der Waals surface area contributed by atoms with Gasteiger partial charge in [0, 0.05) is 21.9 Å². The Morgan fingerprint density at radius 1 is 1.55 bits per heavy atom. The number of benzene rings is 1. The minimum atomic E-state index is 0.552. The highest BCUT2D eigenvalue weighted by Gasteiger charge is 2.04. The predicted molar refractivity (Wildman–Crippen MR) is 51.5 cm³/mol. The molecule has 0 radical (unpaired) electrons. The molecule has 0 aliphatic carbocycles. The zero-order valence-electron chi connectivity index (χ0n) is 5.57. The van der Waals surface area contributed by atoms with Crippen molar-refractivity contribution < 1.29 is 0 Å². The second-order valence-electron chi connectivity index (χ2n) is 2.01. The van der Waals surface area contributed by atoms with Crippen LogP contribution in [0.4, 0.5) is 5.69 Å². The van der Waals surface area contributed by atoms with Crippen molar-refractivity contribution >= 4 is 39.4 Å². The summed E-state index contributed by atoms with van der Waals surface area (Å²) in [6.07, 6.45) is 1.17. The van der Waals surface area contributed by atoms with E-state index < -0.39 is 0 Å². The molecule has 0 bridgehead atoms. The van der Waals surface area contributed by atoms with Crippen LogP contribution in [0.3, 0.4) is 0 Å². The third kappa shape index (κ3) is 1.54. The second-order valence-corrected chi connectivity index (χ2v) is 3.21. The Morgan fingerprint density at radius 3 is 2.64 bits per heavy atom. The van der Waals surface area contributed by atoms with Crippen LogP contribution in [0, 0.1) is 5.41 Å². The van der Waals surface area contributed by atoms with E-state index in [1.807, 2.05) is 0 Å². The van der Waals surface area contributed by atoms with Gasteiger partial charge in [0.25, 0.3) is 0 Å². The zero-order chi connectivity index (χ0) is 8.43. The molecule has 4 heteroatoms. The highest BCUT2D eigenvalue weighted by molar-refractivity contribution is 9.10. The molecule has 11 heavy (non-hydrogen) atoms. The van der Waals surface area contributed by atoms with Gasteiger partial charge in [-0.15, -0.1) is 0 Å². The number of nitrogen functional groups attached to an aromatic ring is 1. The first-order valence-electron chi connectivity index (χ1n) is 2.90. The van der Waals surface area contributed by atoms with Gasteiger partial charge in [-0.05, 0) is 28.1 Å². The van der Waals surface area contributed by atoms with Crippen molar-refractivity contribution in [3.63, 3.8) is 0 Å². The third-order valence-electron chi connectivity index (χ3n) is 1.31. The van der Waals surface area contributed by atoms with E-state index in [1.54, 1.807) is 12.1 Å².